The molecule has 0 saturated heterocycles. The number of nitrogens with one attached hydrogen (secondary N) is 1. The number of oxime groups is 2. The number of benzene rings is 1. The van der Waals surface area contributed by atoms with Gasteiger partial charge < -0.3 is 20.7 Å². The van der Waals surface area contributed by atoms with Crippen molar-refractivity contribution >= 4 is 23.4 Å². The molecule has 0 aliphatic heterocycles. The molecule has 0 bridgehead atoms. The van der Waals surface area contributed by atoms with Crippen molar-refractivity contribution in [2.45, 2.75) is 26.6 Å². The van der Waals surface area contributed by atoms with Crippen LogP contribution in [0.25, 0.3) is 0 Å². The van der Waals surface area contributed by atoms with Gasteiger partial charge in [-0.15, -0.1) is 0 Å². The van der Waals surface area contributed by atoms with Crippen LogP contribution in [0.15, 0.2) is 45.3 Å². The zero-order valence-electron chi connectivity index (χ0n) is 18.4. The van der Waals surface area contributed by atoms with Crippen molar-refractivity contribution in [1.29, 1.82) is 0 Å². The predicted octanol–water partition coefficient (Wildman–Crippen LogP) is 2.75. The molecule has 1 aromatic rings. The van der Waals surface area contributed by atoms with E-state index < -0.39 is 11.9 Å². The summed E-state index contributed by atoms with van der Waals surface area (Å²) in [6, 6.07) is 5.21. The fraction of sp³-hybridized carbons (Fsp3) is 0.400. The quantitative estimate of drug-likeness (QED) is 0.365. The molecule has 172 valence electrons. The van der Waals surface area contributed by atoms with Crippen molar-refractivity contribution in [2.75, 3.05) is 28.3 Å². The fourth-order valence-corrected chi connectivity index (χ4v) is 2.17. The lowest BCUT2D eigenvalue weighted by atomic mass is 9.99. The molecule has 0 aliphatic carbocycles. The number of halogens is 3. The molecule has 8 nitrogen and oxygen atoms in total. The summed E-state index contributed by atoms with van der Waals surface area (Å²) in [5.74, 6) is 0. The zero-order valence-corrected chi connectivity index (χ0v) is 18.4. The van der Waals surface area contributed by atoms with Crippen LogP contribution in [0.1, 0.15) is 23.6 Å². The summed E-state index contributed by atoms with van der Waals surface area (Å²) in [5.41, 5.74) is 5.74. The van der Waals surface area contributed by atoms with Gasteiger partial charge in [0.15, 0.2) is 6.29 Å². The molecule has 0 spiro atoms. The van der Waals surface area contributed by atoms with Gasteiger partial charge >= 0.3 is 6.18 Å². The molecule has 0 radical (unpaired) electrons. The van der Waals surface area contributed by atoms with E-state index in [1.165, 1.54) is 21.1 Å². The van der Waals surface area contributed by atoms with Crippen LogP contribution in [0.3, 0.4) is 0 Å². The van der Waals surface area contributed by atoms with E-state index in [-0.39, 0.29) is 23.7 Å². The molecule has 0 heterocycles. The van der Waals surface area contributed by atoms with Crippen LogP contribution >= 0.6 is 0 Å². The highest BCUT2D eigenvalue weighted by molar-refractivity contribution is 6.45. The number of hydrogen-bond acceptors (Lipinski definition) is 8. The summed E-state index contributed by atoms with van der Waals surface area (Å²) in [6.45, 7) is 3.19. The third-order valence-corrected chi connectivity index (χ3v) is 3.63. The van der Waals surface area contributed by atoms with Crippen LogP contribution in [-0.4, -0.2) is 57.9 Å². The minimum absolute atomic E-state index is 0.0502. The SMILES string of the molecule is CN=C(/C=C(\N)C(F)(F)F)/C(C)=N/OCc1c(C)cccc1/C(C=O)=N\OC.CNC. The number of nitrogens with two attached hydrogens (primary N) is 1. The van der Waals surface area contributed by atoms with Crippen LogP contribution in [0.4, 0.5) is 13.2 Å². The number of carbonyl (C=O) groups excluding carboxylic acids is 1. The summed E-state index contributed by atoms with van der Waals surface area (Å²) < 4.78 is 37.7. The van der Waals surface area contributed by atoms with Crippen LogP contribution in [-0.2, 0) is 21.1 Å². The number of allylic oxidation sites excluding steroid dienone is 2. The first kappa shape index (κ1) is 27.8. The topological polar surface area (TPSA) is 111 Å². The van der Waals surface area contributed by atoms with E-state index in [4.69, 9.17) is 10.6 Å². The molecule has 0 saturated carbocycles. The van der Waals surface area contributed by atoms with Gasteiger partial charge in [-0.1, -0.05) is 28.5 Å². The molecule has 0 unspecified atom stereocenters. The number of nitrogens with zero attached hydrogens (tertiary/aromatic N) is 3. The van der Waals surface area contributed by atoms with Gasteiger partial charge in [0.25, 0.3) is 0 Å². The van der Waals surface area contributed by atoms with Gasteiger partial charge in [0.1, 0.15) is 30.8 Å². The lowest BCUT2D eigenvalue weighted by Crippen LogP contribution is -2.22. The fourth-order valence-electron chi connectivity index (χ4n) is 2.17. The maximum Gasteiger partial charge on any atom is 0.430 e. The molecular weight excluding hydrogens is 415 g/mol. The molecule has 0 aromatic heterocycles. The van der Waals surface area contributed by atoms with Gasteiger partial charge in [0.2, 0.25) is 0 Å². The normalized spacial score (nSPS) is 13.3. The van der Waals surface area contributed by atoms with Crippen molar-refractivity contribution in [1.82, 2.24) is 5.32 Å². The van der Waals surface area contributed by atoms with Crippen molar-refractivity contribution in [3.63, 3.8) is 0 Å². The van der Waals surface area contributed by atoms with Crippen molar-refractivity contribution in [3.8, 4) is 0 Å². The number of hydrogen-bond donors (Lipinski definition) is 2. The second kappa shape index (κ2) is 13.9. The number of alkyl halides is 3. The first-order valence-electron chi connectivity index (χ1n) is 8.99. The van der Waals surface area contributed by atoms with E-state index in [1.807, 2.05) is 14.1 Å². The Kier molecular flexibility index (Phi) is 12.5. The molecule has 3 N–H and O–H groups in total. The molecule has 1 aromatic carbocycles. The number of rotatable bonds is 8. The van der Waals surface area contributed by atoms with E-state index >= 15 is 0 Å². The monoisotopic (exact) mass is 443 g/mol. The Bertz CT molecular complexity index is 847. The molecule has 0 amide bonds. The summed E-state index contributed by atoms with van der Waals surface area (Å²) >= 11 is 0. The van der Waals surface area contributed by atoms with Gasteiger partial charge in [0.05, 0.1) is 5.71 Å². The van der Waals surface area contributed by atoms with Crippen LogP contribution in [0, 0.1) is 6.92 Å². The smallest absolute Gasteiger partial charge is 0.399 e. The molecule has 0 fully saturated rings. The van der Waals surface area contributed by atoms with Gasteiger partial charge in [-0.2, -0.15) is 13.2 Å². The molecular formula is C20H28F3N5O3. The number of carbonyl (C=O) groups is 1. The highest BCUT2D eigenvalue weighted by Crippen LogP contribution is 2.21. The first-order chi connectivity index (χ1) is 14.6. The Morgan fingerprint density at radius 1 is 1.26 bits per heavy atom. The maximum atomic E-state index is 12.6. The average Bonchev–Trinajstić information content (AvgIpc) is 2.71. The van der Waals surface area contributed by atoms with Crippen molar-refractivity contribution in [3.05, 3.63) is 46.7 Å². The van der Waals surface area contributed by atoms with E-state index in [0.29, 0.717) is 23.5 Å². The highest BCUT2D eigenvalue weighted by atomic mass is 19.4. The lowest BCUT2D eigenvalue weighted by molar-refractivity contribution is -0.102. The van der Waals surface area contributed by atoms with Crippen LogP contribution in [0.5, 0.6) is 0 Å². The Labute approximate surface area is 179 Å². The third-order valence-electron chi connectivity index (χ3n) is 3.63. The maximum absolute atomic E-state index is 12.6. The van der Waals surface area contributed by atoms with E-state index in [1.54, 1.807) is 25.1 Å². The Morgan fingerprint density at radius 2 is 1.87 bits per heavy atom. The summed E-state index contributed by atoms with van der Waals surface area (Å²) in [4.78, 5) is 24.9. The zero-order chi connectivity index (χ0) is 24.0. The Balaban J connectivity index is 0.00000282. The summed E-state index contributed by atoms with van der Waals surface area (Å²) in [7, 11) is 6.38. The minimum atomic E-state index is -4.67. The minimum Gasteiger partial charge on any atom is -0.399 e. The number of aliphatic imine (C=N–C) groups is 1. The van der Waals surface area contributed by atoms with E-state index in [9.17, 15) is 18.0 Å². The number of aryl methyl sites for hydroxylation is 1. The predicted molar refractivity (Wildman–Crippen MR) is 115 cm³/mol. The van der Waals surface area contributed by atoms with Crippen LogP contribution < -0.4 is 11.1 Å². The van der Waals surface area contributed by atoms with Gasteiger partial charge in [-0.3, -0.25) is 9.79 Å². The second-order valence-corrected chi connectivity index (χ2v) is 6.03. The first-order valence-corrected chi connectivity index (χ1v) is 8.99. The summed E-state index contributed by atoms with van der Waals surface area (Å²) in [5, 5.41) is 10.2. The van der Waals surface area contributed by atoms with Gasteiger partial charge in [-0.05, 0) is 39.6 Å². The highest BCUT2D eigenvalue weighted by Gasteiger charge is 2.31. The van der Waals surface area contributed by atoms with Gasteiger partial charge in [0, 0.05) is 18.2 Å². The van der Waals surface area contributed by atoms with Crippen LogP contribution in [0.2, 0.25) is 0 Å². The lowest BCUT2D eigenvalue weighted by Gasteiger charge is -2.11. The molecule has 0 atom stereocenters. The third kappa shape index (κ3) is 9.43. The van der Waals surface area contributed by atoms with Gasteiger partial charge in [-0.25, -0.2) is 0 Å². The Hall–Kier alpha value is -3.21. The number of aldehydes is 1. The largest absolute Gasteiger partial charge is 0.430 e. The van der Waals surface area contributed by atoms with Crippen molar-refractivity contribution in [2.24, 2.45) is 21.0 Å². The molecule has 31 heavy (non-hydrogen) atoms. The second-order valence-electron chi connectivity index (χ2n) is 6.03. The average molecular weight is 443 g/mol. The van der Waals surface area contributed by atoms with Crippen molar-refractivity contribution < 1.29 is 27.6 Å². The van der Waals surface area contributed by atoms with E-state index in [2.05, 4.69) is 25.5 Å². The molecule has 0 aliphatic rings. The summed E-state index contributed by atoms with van der Waals surface area (Å²) in [6.07, 6.45) is -3.45. The standard InChI is InChI=1S/C18H21F3N4O3.C2H7N/c1-11-6-5-7-13(16(9-26)25-27-4)14(11)10-28-24-12(2)15(23-3)8-17(22)18(19,20)21;1-3-2/h5-9H,10,22H2,1-4H3;3H,1-2H3/b17-8-,23-15?,24-12+,25-16-;. The molecule has 11 heteroatoms. The Morgan fingerprint density at radius 3 is 2.35 bits per heavy atom. The van der Waals surface area contributed by atoms with E-state index in [0.717, 1.165) is 5.56 Å². The molecule has 1 rings (SSSR count).